The topological polar surface area (TPSA) is 69.9 Å². The van der Waals surface area contributed by atoms with Gasteiger partial charge in [0.25, 0.3) is 5.91 Å². The zero-order chi connectivity index (χ0) is 20.8. The van der Waals surface area contributed by atoms with Crippen LogP contribution in [0.3, 0.4) is 0 Å². The van der Waals surface area contributed by atoms with Gasteiger partial charge in [0.1, 0.15) is 29.6 Å². The van der Waals surface area contributed by atoms with Gasteiger partial charge in [-0.3, -0.25) is 4.79 Å². The molecular weight excluding hydrogens is 408 g/mol. The van der Waals surface area contributed by atoms with Crippen molar-refractivity contribution >= 4 is 23.2 Å². The lowest BCUT2D eigenvalue weighted by atomic mass is 10.3. The van der Waals surface area contributed by atoms with Gasteiger partial charge >= 0.3 is 6.61 Å². The van der Waals surface area contributed by atoms with Crippen LogP contribution in [0.4, 0.5) is 14.5 Å². The third-order valence-electron chi connectivity index (χ3n) is 3.71. The van der Waals surface area contributed by atoms with Gasteiger partial charge in [-0.25, -0.2) is 0 Å². The molecule has 0 bridgehead atoms. The minimum Gasteiger partial charge on any atom is -0.497 e. The molecule has 0 aliphatic heterocycles. The van der Waals surface area contributed by atoms with Gasteiger partial charge in [-0.1, -0.05) is 17.7 Å². The van der Waals surface area contributed by atoms with Crippen molar-refractivity contribution in [2.45, 2.75) is 13.2 Å². The molecule has 0 unspecified atom stereocenters. The molecular formula is C20H16ClF2NO5. The van der Waals surface area contributed by atoms with E-state index in [0.717, 1.165) is 0 Å². The third-order valence-corrected chi connectivity index (χ3v) is 4.01. The smallest absolute Gasteiger partial charge is 0.387 e. The molecule has 1 aromatic heterocycles. The molecule has 0 aliphatic rings. The lowest BCUT2D eigenvalue weighted by Gasteiger charge is -2.09. The highest BCUT2D eigenvalue weighted by atomic mass is 35.5. The van der Waals surface area contributed by atoms with Crippen LogP contribution in [0.15, 0.2) is 59.0 Å². The molecule has 0 spiro atoms. The summed E-state index contributed by atoms with van der Waals surface area (Å²) in [7, 11) is 1.56. The number of methoxy groups -OCH3 is 1. The van der Waals surface area contributed by atoms with E-state index in [4.69, 9.17) is 25.5 Å². The van der Waals surface area contributed by atoms with Crippen LogP contribution in [0.25, 0.3) is 0 Å². The Bertz CT molecular complexity index is 993. The predicted molar refractivity (Wildman–Crippen MR) is 102 cm³/mol. The summed E-state index contributed by atoms with van der Waals surface area (Å²) >= 11 is 5.87. The number of hydrogen-bond acceptors (Lipinski definition) is 5. The molecule has 152 valence electrons. The number of anilines is 1. The van der Waals surface area contributed by atoms with Gasteiger partial charge in [0, 0.05) is 11.8 Å². The number of amides is 1. The van der Waals surface area contributed by atoms with Gasteiger partial charge in [-0.2, -0.15) is 8.78 Å². The van der Waals surface area contributed by atoms with Crippen LogP contribution in [0.1, 0.15) is 16.3 Å². The van der Waals surface area contributed by atoms with Crippen LogP contribution in [0.2, 0.25) is 5.02 Å². The number of carbonyl (C=O) groups is 1. The monoisotopic (exact) mass is 423 g/mol. The summed E-state index contributed by atoms with van der Waals surface area (Å²) in [6, 6.07) is 14.1. The van der Waals surface area contributed by atoms with E-state index >= 15 is 0 Å². The Morgan fingerprint density at radius 1 is 1.14 bits per heavy atom. The summed E-state index contributed by atoms with van der Waals surface area (Å²) < 4.78 is 45.0. The SMILES string of the molecule is COc1cccc(OCc2ccc(C(=O)Nc3ccc(OC(F)F)c(Cl)c3)o2)c1. The van der Waals surface area contributed by atoms with Gasteiger partial charge < -0.3 is 23.9 Å². The molecule has 6 nitrogen and oxygen atoms in total. The van der Waals surface area contributed by atoms with Crippen molar-refractivity contribution in [3.63, 3.8) is 0 Å². The molecule has 9 heteroatoms. The summed E-state index contributed by atoms with van der Waals surface area (Å²) in [6.07, 6.45) is 0. The third kappa shape index (κ3) is 5.61. The lowest BCUT2D eigenvalue weighted by molar-refractivity contribution is -0.0497. The van der Waals surface area contributed by atoms with Crippen molar-refractivity contribution in [1.82, 2.24) is 0 Å². The van der Waals surface area contributed by atoms with E-state index in [-0.39, 0.29) is 23.1 Å². The van der Waals surface area contributed by atoms with Crippen molar-refractivity contribution in [1.29, 1.82) is 0 Å². The highest BCUT2D eigenvalue weighted by Gasteiger charge is 2.14. The van der Waals surface area contributed by atoms with E-state index in [0.29, 0.717) is 22.9 Å². The van der Waals surface area contributed by atoms with E-state index in [1.807, 2.05) is 0 Å². The van der Waals surface area contributed by atoms with Gasteiger partial charge in [0.05, 0.1) is 12.1 Å². The number of carbonyl (C=O) groups excluding carboxylic acids is 1. The second kappa shape index (κ2) is 9.29. The number of ether oxygens (including phenoxy) is 3. The highest BCUT2D eigenvalue weighted by molar-refractivity contribution is 6.32. The zero-order valence-electron chi connectivity index (χ0n) is 15.2. The zero-order valence-corrected chi connectivity index (χ0v) is 15.9. The average Bonchev–Trinajstić information content (AvgIpc) is 3.18. The second-order valence-corrected chi connectivity index (χ2v) is 6.12. The molecule has 1 N–H and O–H groups in total. The number of benzene rings is 2. The maximum Gasteiger partial charge on any atom is 0.387 e. The number of nitrogens with one attached hydrogen (secondary N) is 1. The standard InChI is InChI=1S/C20H16ClF2NO5/c1-26-13-3-2-4-14(10-13)27-11-15-6-8-18(28-15)19(25)24-12-5-7-17(16(21)9-12)29-20(22)23/h2-10,20H,11H2,1H3,(H,24,25). The summed E-state index contributed by atoms with van der Waals surface area (Å²) in [5.74, 6) is 1.03. The van der Waals surface area contributed by atoms with Gasteiger partial charge in [-0.15, -0.1) is 0 Å². The first-order chi connectivity index (χ1) is 13.9. The van der Waals surface area contributed by atoms with Crippen LogP contribution in [-0.2, 0) is 6.61 Å². The fraction of sp³-hybridized carbons (Fsp3) is 0.150. The number of furan rings is 1. The quantitative estimate of drug-likeness (QED) is 0.527. The van der Waals surface area contributed by atoms with Gasteiger partial charge in [0.15, 0.2) is 5.76 Å². The molecule has 3 rings (SSSR count). The van der Waals surface area contributed by atoms with Crippen molar-refractivity contribution in [3.05, 3.63) is 71.1 Å². The minimum atomic E-state index is -2.99. The van der Waals surface area contributed by atoms with Crippen molar-refractivity contribution in [3.8, 4) is 17.2 Å². The summed E-state index contributed by atoms with van der Waals surface area (Å²) in [5, 5.41) is 2.50. The van der Waals surface area contributed by atoms with Crippen molar-refractivity contribution in [2.24, 2.45) is 0 Å². The Kier molecular flexibility index (Phi) is 6.56. The summed E-state index contributed by atoms with van der Waals surface area (Å²) in [6.45, 7) is -2.87. The lowest BCUT2D eigenvalue weighted by Crippen LogP contribution is -2.11. The fourth-order valence-corrected chi connectivity index (χ4v) is 2.61. The fourth-order valence-electron chi connectivity index (χ4n) is 2.39. The molecule has 0 saturated heterocycles. The Balaban J connectivity index is 1.59. The van der Waals surface area contributed by atoms with Crippen LogP contribution < -0.4 is 19.5 Å². The molecule has 0 fully saturated rings. The molecule has 2 aromatic carbocycles. The molecule has 0 radical (unpaired) electrons. The normalized spacial score (nSPS) is 10.7. The van der Waals surface area contributed by atoms with Crippen LogP contribution in [0, 0.1) is 0 Å². The average molecular weight is 424 g/mol. The maximum atomic E-state index is 12.3. The Hall–Kier alpha value is -3.26. The van der Waals surface area contributed by atoms with Crippen LogP contribution in [-0.4, -0.2) is 19.6 Å². The van der Waals surface area contributed by atoms with Crippen molar-refractivity contribution < 1.29 is 32.2 Å². The molecule has 0 atom stereocenters. The minimum absolute atomic E-state index is 0.0540. The molecule has 0 saturated carbocycles. The largest absolute Gasteiger partial charge is 0.497 e. The first-order valence-corrected chi connectivity index (χ1v) is 8.73. The Morgan fingerprint density at radius 3 is 2.66 bits per heavy atom. The van der Waals surface area contributed by atoms with Gasteiger partial charge in [0.2, 0.25) is 0 Å². The van der Waals surface area contributed by atoms with E-state index in [2.05, 4.69) is 10.1 Å². The van der Waals surface area contributed by atoms with Crippen LogP contribution >= 0.6 is 11.6 Å². The first-order valence-electron chi connectivity index (χ1n) is 8.36. The number of alkyl halides is 2. The number of hydrogen-bond donors (Lipinski definition) is 1. The van der Waals surface area contributed by atoms with Crippen molar-refractivity contribution in [2.75, 3.05) is 12.4 Å². The first kappa shape index (κ1) is 20.5. The molecule has 29 heavy (non-hydrogen) atoms. The second-order valence-electron chi connectivity index (χ2n) is 5.71. The maximum absolute atomic E-state index is 12.3. The summed E-state index contributed by atoms with van der Waals surface area (Å²) in [4.78, 5) is 12.3. The Labute approximate surface area is 169 Å². The molecule has 1 amide bonds. The Morgan fingerprint density at radius 2 is 1.93 bits per heavy atom. The highest BCUT2D eigenvalue weighted by Crippen LogP contribution is 2.29. The van der Waals surface area contributed by atoms with Crippen LogP contribution in [0.5, 0.6) is 17.2 Å². The number of rotatable bonds is 8. The summed E-state index contributed by atoms with van der Waals surface area (Å²) in [5.41, 5.74) is 0.298. The van der Waals surface area contributed by atoms with E-state index < -0.39 is 12.5 Å². The van der Waals surface area contributed by atoms with E-state index in [1.165, 1.54) is 24.3 Å². The molecule has 0 aliphatic carbocycles. The number of halogens is 3. The van der Waals surface area contributed by atoms with Gasteiger partial charge in [-0.05, 0) is 42.5 Å². The predicted octanol–water partition coefficient (Wildman–Crippen LogP) is 5.37. The molecule has 3 aromatic rings. The van der Waals surface area contributed by atoms with E-state index in [1.54, 1.807) is 37.4 Å². The van der Waals surface area contributed by atoms with E-state index in [9.17, 15) is 13.6 Å². The molecule has 1 heterocycles.